The fourth-order valence-electron chi connectivity index (χ4n) is 2.43. The molecule has 100 valence electrons. The molecule has 1 heterocycles. The van der Waals surface area contributed by atoms with Crippen molar-refractivity contribution in [3.8, 4) is 0 Å². The summed E-state index contributed by atoms with van der Waals surface area (Å²) in [6, 6.07) is 4.45. The first-order valence-corrected chi connectivity index (χ1v) is 6.86. The Morgan fingerprint density at radius 2 is 2.11 bits per heavy atom. The molecule has 2 N–H and O–H groups in total. The van der Waals surface area contributed by atoms with E-state index in [0.29, 0.717) is 12.1 Å². The first kappa shape index (κ1) is 13.3. The van der Waals surface area contributed by atoms with Crippen LogP contribution in [0, 0.1) is 5.41 Å². The molecule has 3 nitrogen and oxygen atoms in total. The molecule has 2 atom stereocenters. The van der Waals surface area contributed by atoms with Crippen LogP contribution in [-0.4, -0.2) is 11.0 Å². The number of hydrogen-bond donors (Lipinski definition) is 2. The summed E-state index contributed by atoms with van der Waals surface area (Å²) in [5, 5.41) is 3.71. The normalized spacial score (nSPS) is 21.4. The van der Waals surface area contributed by atoms with Crippen LogP contribution < -0.4 is 10.9 Å². The summed E-state index contributed by atoms with van der Waals surface area (Å²) in [4.78, 5) is 14.3. The molecule has 2 rings (SSSR count). The number of fused-ring (bicyclic) bond motifs is 1. The van der Waals surface area contributed by atoms with Gasteiger partial charge < -0.3 is 10.3 Å². The molecule has 1 aliphatic carbocycles. The van der Waals surface area contributed by atoms with Crippen LogP contribution in [0.2, 0.25) is 0 Å². The van der Waals surface area contributed by atoms with E-state index in [1.165, 1.54) is 5.56 Å². The monoisotopic (exact) mass is 248 g/mol. The van der Waals surface area contributed by atoms with Crippen LogP contribution in [0.15, 0.2) is 16.9 Å². The molecule has 0 amide bonds. The summed E-state index contributed by atoms with van der Waals surface area (Å²) in [6.07, 6.45) is 3.29. The maximum Gasteiger partial charge on any atom is 0.248 e. The Hall–Kier alpha value is -1.09. The highest BCUT2D eigenvalue weighted by Crippen LogP contribution is 2.30. The second kappa shape index (κ2) is 4.88. The molecular formula is C15H24N2O. The quantitative estimate of drug-likeness (QED) is 0.845. The molecule has 1 aromatic rings. The third-order valence-corrected chi connectivity index (χ3v) is 4.08. The molecule has 0 radical (unpaired) electrons. The fourth-order valence-corrected chi connectivity index (χ4v) is 2.43. The molecule has 2 unspecified atom stereocenters. The molecule has 0 aromatic carbocycles. The van der Waals surface area contributed by atoms with Crippen LogP contribution in [0.4, 0.5) is 0 Å². The third kappa shape index (κ3) is 2.83. The van der Waals surface area contributed by atoms with Gasteiger partial charge in [-0.1, -0.05) is 26.8 Å². The zero-order chi connectivity index (χ0) is 13.3. The molecule has 0 spiro atoms. The van der Waals surface area contributed by atoms with Crippen LogP contribution in [0.5, 0.6) is 0 Å². The second-order valence-corrected chi connectivity index (χ2v) is 6.46. The molecule has 0 aliphatic heterocycles. The highest BCUT2D eigenvalue weighted by Gasteiger charge is 2.26. The van der Waals surface area contributed by atoms with Crippen molar-refractivity contribution >= 4 is 0 Å². The van der Waals surface area contributed by atoms with Crippen molar-refractivity contribution in [2.45, 2.75) is 59.0 Å². The van der Waals surface area contributed by atoms with E-state index in [9.17, 15) is 4.79 Å². The average Bonchev–Trinajstić information content (AvgIpc) is 2.27. The zero-order valence-electron chi connectivity index (χ0n) is 11.8. The van der Waals surface area contributed by atoms with Gasteiger partial charge in [-0.25, -0.2) is 0 Å². The SMILES string of the molecule is CC(NC1CCCc2[nH]c(=O)ccc21)C(C)(C)C. The van der Waals surface area contributed by atoms with Gasteiger partial charge in [0, 0.05) is 23.8 Å². The predicted molar refractivity (Wildman–Crippen MR) is 74.8 cm³/mol. The van der Waals surface area contributed by atoms with Gasteiger partial charge in [-0.05, 0) is 37.2 Å². The molecule has 3 heteroatoms. The minimum Gasteiger partial charge on any atom is -0.326 e. The number of aryl methyl sites for hydroxylation is 1. The Bertz CT molecular complexity index is 470. The Labute approximate surface area is 109 Å². The highest BCUT2D eigenvalue weighted by molar-refractivity contribution is 5.26. The average molecular weight is 248 g/mol. The van der Waals surface area contributed by atoms with E-state index in [4.69, 9.17) is 0 Å². The van der Waals surface area contributed by atoms with Crippen molar-refractivity contribution in [2.24, 2.45) is 5.41 Å². The molecule has 1 aliphatic rings. The number of H-pyrrole nitrogens is 1. The number of aromatic amines is 1. The molecule has 0 fully saturated rings. The summed E-state index contributed by atoms with van der Waals surface area (Å²) in [6.45, 7) is 8.99. The van der Waals surface area contributed by atoms with Crippen molar-refractivity contribution in [3.05, 3.63) is 33.7 Å². The Kier molecular flexibility index (Phi) is 3.62. The first-order chi connectivity index (χ1) is 8.38. The van der Waals surface area contributed by atoms with Crippen LogP contribution in [0.1, 0.15) is 57.8 Å². The molecule has 0 saturated carbocycles. The van der Waals surface area contributed by atoms with Gasteiger partial charge >= 0.3 is 0 Å². The largest absolute Gasteiger partial charge is 0.326 e. The van der Waals surface area contributed by atoms with Gasteiger partial charge in [-0.3, -0.25) is 4.79 Å². The molecule has 18 heavy (non-hydrogen) atoms. The number of pyridine rings is 1. The lowest BCUT2D eigenvalue weighted by molar-refractivity contribution is 0.253. The minimum absolute atomic E-state index is 0.0123. The van der Waals surface area contributed by atoms with Gasteiger partial charge in [0.05, 0.1) is 0 Å². The van der Waals surface area contributed by atoms with Gasteiger partial charge in [0.1, 0.15) is 0 Å². The van der Waals surface area contributed by atoms with E-state index in [-0.39, 0.29) is 11.0 Å². The van der Waals surface area contributed by atoms with Crippen LogP contribution in [0.25, 0.3) is 0 Å². The van der Waals surface area contributed by atoms with Crippen LogP contribution in [-0.2, 0) is 6.42 Å². The summed E-state index contributed by atoms with van der Waals surface area (Å²) >= 11 is 0. The van der Waals surface area contributed by atoms with Crippen molar-refractivity contribution in [1.82, 2.24) is 10.3 Å². The molecule has 0 saturated heterocycles. The Balaban J connectivity index is 2.20. The summed E-state index contributed by atoms with van der Waals surface area (Å²) in [5.41, 5.74) is 2.65. The summed E-state index contributed by atoms with van der Waals surface area (Å²) in [7, 11) is 0. The predicted octanol–water partition coefficient (Wildman–Crippen LogP) is 2.78. The molecule has 0 bridgehead atoms. The van der Waals surface area contributed by atoms with Crippen molar-refractivity contribution < 1.29 is 0 Å². The van der Waals surface area contributed by atoms with E-state index in [1.54, 1.807) is 6.07 Å². The number of rotatable bonds is 2. The standard InChI is InChI=1S/C15H24N2O/c1-10(15(2,3)4)16-12-6-5-7-13-11(12)8-9-14(18)17-13/h8-10,12,16H,5-7H2,1-4H3,(H,17,18). The maximum atomic E-state index is 11.4. The Morgan fingerprint density at radius 3 is 2.78 bits per heavy atom. The number of aromatic nitrogens is 1. The van der Waals surface area contributed by atoms with Gasteiger partial charge in [-0.2, -0.15) is 0 Å². The molecular weight excluding hydrogens is 224 g/mol. The van der Waals surface area contributed by atoms with Crippen molar-refractivity contribution in [2.75, 3.05) is 0 Å². The first-order valence-electron chi connectivity index (χ1n) is 6.86. The van der Waals surface area contributed by atoms with Crippen LogP contribution >= 0.6 is 0 Å². The van der Waals surface area contributed by atoms with E-state index in [0.717, 1.165) is 25.0 Å². The van der Waals surface area contributed by atoms with E-state index < -0.39 is 0 Å². The third-order valence-electron chi connectivity index (χ3n) is 4.08. The number of hydrogen-bond acceptors (Lipinski definition) is 2. The van der Waals surface area contributed by atoms with Gasteiger partial charge in [-0.15, -0.1) is 0 Å². The zero-order valence-corrected chi connectivity index (χ0v) is 11.8. The van der Waals surface area contributed by atoms with Crippen molar-refractivity contribution in [3.63, 3.8) is 0 Å². The number of nitrogens with one attached hydrogen (secondary N) is 2. The lowest BCUT2D eigenvalue weighted by Gasteiger charge is -2.35. The maximum absolute atomic E-state index is 11.4. The van der Waals surface area contributed by atoms with Gasteiger partial charge in [0.25, 0.3) is 0 Å². The molecule has 1 aromatic heterocycles. The van der Waals surface area contributed by atoms with E-state index in [2.05, 4.69) is 38.0 Å². The van der Waals surface area contributed by atoms with Gasteiger partial charge in [0.2, 0.25) is 5.56 Å². The van der Waals surface area contributed by atoms with Crippen LogP contribution in [0.3, 0.4) is 0 Å². The highest BCUT2D eigenvalue weighted by atomic mass is 16.1. The fraction of sp³-hybridized carbons (Fsp3) is 0.667. The lowest BCUT2D eigenvalue weighted by Crippen LogP contribution is -2.41. The van der Waals surface area contributed by atoms with Gasteiger partial charge in [0.15, 0.2) is 0 Å². The Morgan fingerprint density at radius 1 is 1.39 bits per heavy atom. The topological polar surface area (TPSA) is 44.9 Å². The lowest BCUT2D eigenvalue weighted by atomic mass is 9.85. The summed E-state index contributed by atoms with van der Waals surface area (Å²) < 4.78 is 0. The van der Waals surface area contributed by atoms with E-state index >= 15 is 0 Å². The van der Waals surface area contributed by atoms with Crippen molar-refractivity contribution in [1.29, 1.82) is 0 Å². The second-order valence-electron chi connectivity index (χ2n) is 6.46. The van der Waals surface area contributed by atoms with E-state index in [1.807, 2.05) is 6.07 Å². The smallest absolute Gasteiger partial charge is 0.248 e. The summed E-state index contributed by atoms with van der Waals surface area (Å²) in [5.74, 6) is 0. The minimum atomic E-state index is 0.0123.